The molecule has 2 heterocycles. The third-order valence-electron chi connectivity index (χ3n) is 6.31. The predicted octanol–water partition coefficient (Wildman–Crippen LogP) is 4.38. The number of fused-ring (bicyclic) bond motifs is 1. The predicted molar refractivity (Wildman–Crippen MR) is 124 cm³/mol. The molecule has 1 aromatic carbocycles. The summed E-state index contributed by atoms with van der Waals surface area (Å²) >= 11 is 0. The molecule has 1 aliphatic rings. The topological polar surface area (TPSA) is 103 Å². The van der Waals surface area contributed by atoms with E-state index in [-0.39, 0.29) is 12.5 Å². The number of imidazole rings is 1. The van der Waals surface area contributed by atoms with Crippen molar-refractivity contribution in [2.75, 3.05) is 0 Å². The van der Waals surface area contributed by atoms with Crippen LogP contribution in [-0.2, 0) is 17.6 Å². The Morgan fingerprint density at radius 1 is 1.19 bits per heavy atom. The van der Waals surface area contributed by atoms with E-state index in [2.05, 4.69) is 17.1 Å². The number of carboxylic acids is 1. The molecule has 0 aliphatic heterocycles. The SMILES string of the molecule is NC(Cc1cncn1C(=O)n1cc(CC/C=C/C2CCCCC2)c2ccccc21)C(=O)O. The molecule has 1 saturated carbocycles. The summed E-state index contributed by atoms with van der Waals surface area (Å²) < 4.78 is 3.00. The summed E-state index contributed by atoms with van der Waals surface area (Å²) in [5.74, 6) is -0.399. The number of aromatic nitrogens is 3. The molecule has 0 spiro atoms. The van der Waals surface area contributed by atoms with Gasteiger partial charge in [-0.05, 0) is 43.2 Å². The molecule has 1 fully saturated rings. The molecule has 32 heavy (non-hydrogen) atoms. The van der Waals surface area contributed by atoms with Gasteiger partial charge in [-0.15, -0.1) is 0 Å². The van der Waals surface area contributed by atoms with Crippen LogP contribution in [0.1, 0.15) is 49.8 Å². The fourth-order valence-corrected chi connectivity index (χ4v) is 4.54. The summed E-state index contributed by atoms with van der Waals surface area (Å²) in [5.41, 5.74) is 8.08. The van der Waals surface area contributed by atoms with Crippen molar-refractivity contribution in [3.05, 3.63) is 66.4 Å². The maximum Gasteiger partial charge on any atom is 0.338 e. The van der Waals surface area contributed by atoms with Crippen LogP contribution in [0.15, 0.2) is 55.1 Å². The number of hydrogen-bond acceptors (Lipinski definition) is 4. The molecule has 0 radical (unpaired) electrons. The molecule has 0 saturated heterocycles. The van der Waals surface area contributed by atoms with Crippen molar-refractivity contribution < 1.29 is 14.7 Å². The van der Waals surface area contributed by atoms with Gasteiger partial charge in [0.05, 0.1) is 5.52 Å². The first-order valence-electron chi connectivity index (χ1n) is 11.3. The van der Waals surface area contributed by atoms with Gasteiger partial charge in [-0.3, -0.25) is 13.9 Å². The van der Waals surface area contributed by atoms with E-state index < -0.39 is 12.0 Å². The number of carbonyl (C=O) groups is 2. The number of aryl methyl sites for hydroxylation is 1. The van der Waals surface area contributed by atoms with Gasteiger partial charge in [-0.2, -0.15) is 0 Å². The number of carbonyl (C=O) groups excluding carboxylic acids is 1. The number of hydrogen-bond donors (Lipinski definition) is 2. The zero-order chi connectivity index (χ0) is 22.5. The van der Waals surface area contributed by atoms with Crippen LogP contribution in [-0.4, -0.2) is 37.3 Å². The summed E-state index contributed by atoms with van der Waals surface area (Å²) in [5, 5.41) is 10.2. The molecule has 3 N–H and O–H groups in total. The van der Waals surface area contributed by atoms with E-state index >= 15 is 0 Å². The Hall–Kier alpha value is -3.19. The van der Waals surface area contributed by atoms with Crippen LogP contribution in [0, 0.1) is 5.92 Å². The van der Waals surface area contributed by atoms with Crippen molar-refractivity contribution in [3.8, 4) is 0 Å². The minimum Gasteiger partial charge on any atom is -0.480 e. The van der Waals surface area contributed by atoms with E-state index in [1.165, 1.54) is 49.2 Å². The van der Waals surface area contributed by atoms with Gasteiger partial charge in [-0.1, -0.05) is 49.6 Å². The standard InChI is InChI=1S/C25H30N4O3/c26-22(24(30)31)14-20-15-27-17-29(20)25(32)28-16-19(21-12-6-7-13-23(21)28)11-5-4-10-18-8-2-1-3-9-18/h4,6-7,10,12-13,15-18,22H,1-3,5,8-9,11,14,26H2,(H,30,31)/b10-4+. The first kappa shape index (κ1) is 22.0. The highest BCUT2D eigenvalue weighted by atomic mass is 16.4. The van der Waals surface area contributed by atoms with Gasteiger partial charge in [0.2, 0.25) is 0 Å². The maximum absolute atomic E-state index is 13.3. The van der Waals surface area contributed by atoms with Crippen LogP contribution in [0.4, 0.5) is 4.79 Å². The van der Waals surface area contributed by atoms with Crippen molar-refractivity contribution in [3.63, 3.8) is 0 Å². The highest BCUT2D eigenvalue weighted by Crippen LogP contribution is 2.26. The van der Waals surface area contributed by atoms with Gasteiger partial charge >= 0.3 is 12.0 Å². The van der Waals surface area contributed by atoms with E-state index in [0.717, 1.165) is 29.3 Å². The Bertz CT molecular complexity index is 1120. The Labute approximate surface area is 187 Å². The largest absolute Gasteiger partial charge is 0.480 e. The second-order valence-electron chi connectivity index (χ2n) is 8.59. The molecule has 7 nitrogen and oxygen atoms in total. The van der Waals surface area contributed by atoms with Gasteiger partial charge in [-0.25, -0.2) is 9.78 Å². The number of allylic oxidation sites excluding steroid dienone is 2. The quantitative estimate of drug-likeness (QED) is 0.537. The van der Waals surface area contributed by atoms with E-state index in [1.54, 1.807) is 4.57 Å². The number of aliphatic carboxylic acids is 1. The summed E-state index contributed by atoms with van der Waals surface area (Å²) in [7, 11) is 0. The lowest BCUT2D eigenvalue weighted by atomic mass is 9.89. The second-order valence-corrected chi connectivity index (χ2v) is 8.59. The molecule has 1 aliphatic carbocycles. The molecular weight excluding hydrogens is 404 g/mol. The third kappa shape index (κ3) is 4.83. The normalized spacial score (nSPS) is 16.0. The Balaban J connectivity index is 1.54. The average Bonchev–Trinajstić information content (AvgIpc) is 3.42. The number of benzene rings is 1. The van der Waals surface area contributed by atoms with Crippen molar-refractivity contribution in [1.82, 2.24) is 14.1 Å². The lowest BCUT2D eigenvalue weighted by molar-refractivity contribution is -0.138. The minimum atomic E-state index is -1.11. The molecule has 1 unspecified atom stereocenters. The zero-order valence-electron chi connectivity index (χ0n) is 18.2. The van der Waals surface area contributed by atoms with E-state index in [1.807, 2.05) is 30.5 Å². The van der Waals surface area contributed by atoms with Gasteiger partial charge in [0, 0.05) is 29.9 Å². The van der Waals surface area contributed by atoms with Crippen LogP contribution in [0.25, 0.3) is 10.9 Å². The van der Waals surface area contributed by atoms with Crippen LogP contribution in [0.5, 0.6) is 0 Å². The number of nitrogens with zero attached hydrogens (tertiary/aromatic N) is 3. The van der Waals surface area contributed by atoms with Crippen LogP contribution in [0.3, 0.4) is 0 Å². The third-order valence-corrected chi connectivity index (χ3v) is 6.31. The molecule has 0 amide bonds. The Morgan fingerprint density at radius 3 is 2.75 bits per heavy atom. The number of nitrogens with two attached hydrogens (primary N) is 1. The van der Waals surface area contributed by atoms with E-state index in [0.29, 0.717) is 11.6 Å². The molecule has 0 bridgehead atoms. The van der Waals surface area contributed by atoms with Crippen LogP contribution >= 0.6 is 0 Å². The van der Waals surface area contributed by atoms with Crippen LogP contribution < -0.4 is 5.73 Å². The molecular formula is C25H30N4O3. The number of carboxylic acid groups (broad SMARTS) is 1. The smallest absolute Gasteiger partial charge is 0.338 e. The summed E-state index contributed by atoms with van der Waals surface area (Å²) in [6.07, 6.45) is 17.9. The summed E-state index contributed by atoms with van der Waals surface area (Å²) in [6.45, 7) is 0. The lowest BCUT2D eigenvalue weighted by Gasteiger charge is -2.17. The first-order chi connectivity index (χ1) is 15.5. The summed E-state index contributed by atoms with van der Waals surface area (Å²) in [6, 6.07) is 6.46. The highest BCUT2D eigenvalue weighted by Gasteiger charge is 2.20. The first-order valence-corrected chi connectivity index (χ1v) is 11.3. The minimum absolute atomic E-state index is 0.0269. The van der Waals surface area contributed by atoms with E-state index in [4.69, 9.17) is 10.8 Å². The zero-order valence-corrected chi connectivity index (χ0v) is 18.2. The monoisotopic (exact) mass is 434 g/mol. The molecule has 7 heteroatoms. The Morgan fingerprint density at radius 2 is 1.97 bits per heavy atom. The lowest BCUT2D eigenvalue weighted by Crippen LogP contribution is -2.34. The van der Waals surface area contributed by atoms with Gasteiger partial charge in [0.1, 0.15) is 12.4 Å². The van der Waals surface area contributed by atoms with Crippen molar-refractivity contribution >= 4 is 22.9 Å². The number of para-hydroxylation sites is 1. The van der Waals surface area contributed by atoms with Crippen molar-refractivity contribution in [2.24, 2.45) is 11.7 Å². The molecule has 168 valence electrons. The van der Waals surface area contributed by atoms with Gasteiger partial charge < -0.3 is 10.8 Å². The second kappa shape index (κ2) is 9.96. The fourth-order valence-electron chi connectivity index (χ4n) is 4.54. The van der Waals surface area contributed by atoms with Gasteiger partial charge in [0.25, 0.3) is 0 Å². The average molecular weight is 435 g/mol. The highest BCUT2D eigenvalue weighted by molar-refractivity contribution is 5.94. The molecule has 3 aromatic rings. The fraction of sp³-hybridized carbons (Fsp3) is 0.400. The molecule has 1 atom stereocenters. The summed E-state index contributed by atoms with van der Waals surface area (Å²) in [4.78, 5) is 28.5. The van der Waals surface area contributed by atoms with Gasteiger partial charge in [0.15, 0.2) is 0 Å². The van der Waals surface area contributed by atoms with E-state index in [9.17, 15) is 9.59 Å². The molecule has 4 rings (SSSR count). The maximum atomic E-state index is 13.3. The number of rotatable bonds is 7. The molecule has 2 aromatic heterocycles. The van der Waals surface area contributed by atoms with Crippen molar-refractivity contribution in [2.45, 2.75) is 57.4 Å². The Kier molecular flexibility index (Phi) is 6.85. The van der Waals surface area contributed by atoms with Crippen molar-refractivity contribution in [1.29, 1.82) is 0 Å². The van der Waals surface area contributed by atoms with Crippen LogP contribution in [0.2, 0.25) is 0 Å².